The lowest BCUT2D eigenvalue weighted by Crippen LogP contribution is -2.48. The predicted octanol–water partition coefficient (Wildman–Crippen LogP) is 1.88. The molecule has 0 aromatic heterocycles. The predicted molar refractivity (Wildman–Crippen MR) is 89.4 cm³/mol. The molecule has 8 heteroatoms. The molecule has 1 N–H and O–H groups in total. The van der Waals surface area contributed by atoms with Gasteiger partial charge in [0.05, 0.1) is 11.6 Å². The molecule has 2 heterocycles. The maximum Gasteiger partial charge on any atom is 0.260 e. The second kappa shape index (κ2) is 7.59. The summed E-state index contributed by atoms with van der Waals surface area (Å²) in [6.07, 6.45) is 1.18. The Morgan fingerprint density at radius 1 is 1.29 bits per heavy atom. The summed E-state index contributed by atoms with van der Waals surface area (Å²) in [7, 11) is 0. The molecule has 0 aliphatic carbocycles. The van der Waals surface area contributed by atoms with E-state index < -0.39 is 0 Å². The molecule has 2 amide bonds. The van der Waals surface area contributed by atoms with Crippen molar-refractivity contribution in [1.82, 2.24) is 10.2 Å². The maximum atomic E-state index is 12.2. The van der Waals surface area contributed by atoms with Crippen LogP contribution in [-0.4, -0.2) is 55.2 Å². The van der Waals surface area contributed by atoms with Crippen molar-refractivity contribution in [2.45, 2.75) is 25.0 Å². The fourth-order valence-electron chi connectivity index (χ4n) is 2.59. The average Bonchev–Trinajstić information content (AvgIpc) is 3.39. The molecule has 1 aromatic carbocycles. The minimum absolute atomic E-state index is 0.0551. The highest BCUT2D eigenvalue weighted by Gasteiger charge is 2.33. The molecular weight excluding hydrogens is 355 g/mol. The Morgan fingerprint density at radius 2 is 2.00 bits per heavy atom. The van der Waals surface area contributed by atoms with E-state index in [1.165, 1.54) is 0 Å². The number of halogens is 2. The highest BCUT2D eigenvalue weighted by molar-refractivity contribution is 6.35. The molecule has 2 aliphatic heterocycles. The van der Waals surface area contributed by atoms with E-state index in [1.807, 2.05) is 0 Å². The molecule has 1 atom stereocenters. The summed E-state index contributed by atoms with van der Waals surface area (Å²) in [5, 5.41) is 3.84. The van der Waals surface area contributed by atoms with Crippen molar-refractivity contribution < 1.29 is 19.1 Å². The molecule has 1 aromatic rings. The number of epoxide rings is 1. The number of carbonyl (C=O) groups excluding carboxylic acids is 2. The summed E-state index contributed by atoms with van der Waals surface area (Å²) in [6, 6.07) is 4.96. The van der Waals surface area contributed by atoms with Crippen molar-refractivity contribution in [3.8, 4) is 5.75 Å². The lowest BCUT2D eigenvalue weighted by molar-refractivity contribution is -0.134. The smallest absolute Gasteiger partial charge is 0.260 e. The van der Waals surface area contributed by atoms with Gasteiger partial charge in [-0.05, 0) is 31.0 Å². The van der Waals surface area contributed by atoms with Crippen LogP contribution in [0.25, 0.3) is 0 Å². The normalized spacial score (nSPS) is 20.6. The van der Waals surface area contributed by atoms with E-state index in [0.717, 1.165) is 12.8 Å². The monoisotopic (exact) mass is 372 g/mol. The van der Waals surface area contributed by atoms with Crippen LogP contribution in [0.2, 0.25) is 10.0 Å². The largest absolute Gasteiger partial charge is 0.482 e. The minimum atomic E-state index is -0.276. The van der Waals surface area contributed by atoms with Crippen molar-refractivity contribution in [3.05, 3.63) is 28.2 Å². The zero-order valence-electron chi connectivity index (χ0n) is 13.0. The number of nitrogens with zero attached hydrogens (tertiary/aromatic N) is 1. The summed E-state index contributed by atoms with van der Waals surface area (Å²) in [6.45, 7) is 1.61. The summed E-state index contributed by atoms with van der Waals surface area (Å²) < 4.78 is 10.4. The number of hydrogen-bond donors (Lipinski definition) is 1. The molecule has 0 spiro atoms. The van der Waals surface area contributed by atoms with Crippen molar-refractivity contribution in [3.63, 3.8) is 0 Å². The first-order chi connectivity index (χ1) is 11.5. The standard InChI is InChI=1S/C16H18Cl2N2O4/c17-10-1-2-13(12(18)7-10)24-9-15(21)20-5-3-11(4-6-20)19-16(22)14-8-23-14/h1-2,7,11,14H,3-6,8-9H2,(H,19,22). The Labute approximate surface area is 150 Å². The van der Waals surface area contributed by atoms with Gasteiger partial charge in [-0.3, -0.25) is 9.59 Å². The van der Waals surface area contributed by atoms with E-state index >= 15 is 0 Å². The Morgan fingerprint density at radius 3 is 2.62 bits per heavy atom. The van der Waals surface area contributed by atoms with E-state index in [9.17, 15) is 9.59 Å². The number of likely N-dealkylation sites (tertiary alicyclic amines) is 1. The molecule has 1 unspecified atom stereocenters. The highest BCUT2D eigenvalue weighted by atomic mass is 35.5. The van der Waals surface area contributed by atoms with Crippen LogP contribution in [0.5, 0.6) is 5.75 Å². The fourth-order valence-corrected chi connectivity index (χ4v) is 3.05. The van der Waals surface area contributed by atoms with Crippen LogP contribution < -0.4 is 10.1 Å². The SMILES string of the molecule is O=C(NC1CCN(C(=O)COc2ccc(Cl)cc2Cl)CC1)C1CO1. The summed E-state index contributed by atoms with van der Waals surface area (Å²) in [5.74, 6) is 0.276. The van der Waals surface area contributed by atoms with Crippen LogP contribution in [0, 0.1) is 0 Å². The molecular formula is C16H18Cl2N2O4. The second-order valence-electron chi connectivity index (χ2n) is 5.85. The zero-order chi connectivity index (χ0) is 17.1. The number of rotatable bonds is 5. The van der Waals surface area contributed by atoms with Gasteiger partial charge in [-0.1, -0.05) is 23.2 Å². The molecule has 24 heavy (non-hydrogen) atoms. The van der Waals surface area contributed by atoms with Crippen molar-refractivity contribution in [2.24, 2.45) is 0 Å². The lowest BCUT2D eigenvalue weighted by Gasteiger charge is -2.32. The highest BCUT2D eigenvalue weighted by Crippen LogP contribution is 2.27. The Balaban J connectivity index is 1.42. The Kier molecular flexibility index (Phi) is 5.48. The van der Waals surface area contributed by atoms with Crippen LogP contribution in [-0.2, 0) is 14.3 Å². The van der Waals surface area contributed by atoms with Gasteiger partial charge >= 0.3 is 0 Å². The van der Waals surface area contributed by atoms with E-state index in [0.29, 0.717) is 35.5 Å². The molecule has 0 radical (unpaired) electrons. The fraction of sp³-hybridized carbons (Fsp3) is 0.500. The Bertz CT molecular complexity index is 629. The molecule has 6 nitrogen and oxygen atoms in total. The molecule has 0 saturated carbocycles. The number of ether oxygens (including phenoxy) is 2. The molecule has 2 fully saturated rings. The van der Waals surface area contributed by atoms with Gasteiger partial charge < -0.3 is 19.7 Å². The molecule has 3 rings (SSSR count). The lowest BCUT2D eigenvalue weighted by atomic mass is 10.0. The Hall–Kier alpha value is -1.50. The summed E-state index contributed by atoms with van der Waals surface area (Å²) >= 11 is 11.8. The van der Waals surface area contributed by atoms with Crippen LogP contribution in [0.3, 0.4) is 0 Å². The molecule has 2 saturated heterocycles. The number of hydrogen-bond acceptors (Lipinski definition) is 4. The van der Waals surface area contributed by atoms with Gasteiger partial charge in [0.1, 0.15) is 5.75 Å². The van der Waals surface area contributed by atoms with Gasteiger partial charge in [0.15, 0.2) is 12.7 Å². The van der Waals surface area contributed by atoms with Crippen LogP contribution in [0.15, 0.2) is 18.2 Å². The van der Waals surface area contributed by atoms with Gasteiger partial charge in [-0.25, -0.2) is 0 Å². The van der Waals surface area contributed by atoms with Gasteiger partial charge in [-0.2, -0.15) is 0 Å². The first kappa shape index (κ1) is 17.3. The van der Waals surface area contributed by atoms with E-state index in [2.05, 4.69) is 5.32 Å². The minimum Gasteiger partial charge on any atom is -0.482 e. The van der Waals surface area contributed by atoms with Crippen LogP contribution in [0.4, 0.5) is 0 Å². The van der Waals surface area contributed by atoms with Crippen molar-refractivity contribution in [1.29, 1.82) is 0 Å². The van der Waals surface area contributed by atoms with Gasteiger partial charge in [-0.15, -0.1) is 0 Å². The number of benzene rings is 1. The molecule has 2 aliphatic rings. The van der Waals surface area contributed by atoms with Crippen LogP contribution >= 0.6 is 23.2 Å². The molecule has 130 valence electrons. The van der Waals surface area contributed by atoms with Crippen LogP contribution in [0.1, 0.15) is 12.8 Å². The summed E-state index contributed by atoms with van der Waals surface area (Å²) in [4.78, 5) is 25.6. The number of carbonyl (C=O) groups is 2. The number of nitrogens with one attached hydrogen (secondary N) is 1. The van der Waals surface area contributed by atoms with Gasteiger partial charge in [0.25, 0.3) is 11.8 Å². The van der Waals surface area contributed by atoms with Gasteiger partial charge in [0, 0.05) is 24.2 Å². The first-order valence-electron chi connectivity index (χ1n) is 7.80. The third-order valence-electron chi connectivity index (χ3n) is 4.06. The third kappa shape index (κ3) is 4.53. The van der Waals surface area contributed by atoms with E-state index in [-0.39, 0.29) is 30.6 Å². The average molecular weight is 373 g/mol. The van der Waals surface area contributed by atoms with E-state index in [1.54, 1.807) is 23.1 Å². The number of piperidine rings is 1. The quantitative estimate of drug-likeness (QED) is 0.801. The second-order valence-corrected chi connectivity index (χ2v) is 6.69. The third-order valence-corrected chi connectivity index (χ3v) is 4.60. The van der Waals surface area contributed by atoms with Gasteiger partial charge in [0.2, 0.25) is 0 Å². The molecule has 0 bridgehead atoms. The zero-order valence-corrected chi connectivity index (χ0v) is 14.5. The first-order valence-corrected chi connectivity index (χ1v) is 8.56. The van der Waals surface area contributed by atoms with Crippen molar-refractivity contribution >= 4 is 35.0 Å². The number of amides is 2. The van der Waals surface area contributed by atoms with E-state index in [4.69, 9.17) is 32.7 Å². The maximum absolute atomic E-state index is 12.2. The topological polar surface area (TPSA) is 71.2 Å². The summed E-state index contributed by atoms with van der Waals surface area (Å²) in [5.41, 5.74) is 0. The van der Waals surface area contributed by atoms with Crippen molar-refractivity contribution in [2.75, 3.05) is 26.3 Å².